The first kappa shape index (κ1) is 18.9. The van der Waals surface area contributed by atoms with Gasteiger partial charge in [-0.2, -0.15) is 13.2 Å². The molecule has 2 aromatic carbocycles. The monoisotopic (exact) mass is 355 g/mol. The zero-order chi connectivity index (χ0) is 18.4. The predicted octanol–water partition coefficient (Wildman–Crippen LogP) is 2.18. The van der Waals surface area contributed by atoms with Crippen molar-refractivity contribution >= 4 is 5.91 Å². The first-order valence-electron chi connectivity index (χ1n) is 7.73. The minimum absolute atomic E-state index is 0.0963. The molecule has 0 aromatic heterocycles. The predicted molar refractivity (Wildman–Crippen MR) is 85.1 cm³/mol. The molecule has 0 spiro atoms. The van der Waals surface area contributed by atoms with Crippen molar-refractivity contribution in [2.45, 2.75) is 19.3 Å². The van der Waals surface area contributed by atoms with E-state index in [-0.39, 0.29) is 24.8 Å². The lowest BCUT2D eigenvalue weighted by atomic mass is 10.1. The molecule has 2 rings (SSSR count). The quantitative estimate of drug-likeness (QED) is 0.765. The molecule has 0 heterocycles. The van der Waals surface area contributed by atoms with Gasteiger partial charge in [-0.05, 0) is 18.2 Å². The lowest BCUT2D eigenvalue weighted by molar-refractivity contribution is -0.885. The van der Waals surface area contributed by atoms with Crippen LogP contribution >= 0.6 is 0 Å². The molecule has 1 amide bonds. The van der Waals surface area contributed by atoms with E-state index in [4.69, 9.17) is 0 Å². The molecule has 0 aliphatic heterocycles. The van der Waals surface area contributed by atoms with Crippen molar-refractivity contribution in [3.63, 3.8) is 0 Å². The van der Waals surface area contributed by atoms with Gasteiger partial charge in [0.05, 0.1) is 12.6 Å². The Labute approximate surface area is 143 Å². The van der Waals surface area contributed by atoms with Gasteiger partial charge in [0.25, 0.3) is 5.91 Å². The van der Waals surface area contributed by atoms with E-state index in [0.29, 0.717) is 17.7 Å². The Kier molecular flexibility index (Phi) is 6.14. The van der Waals surface area contributed by atoms with Gasteiger partial charge < -0.3 is 10.2 Å². The summed E-state index contributed by atoms with van der Waals surface area (Å²) in [5.41, 5.74) is 0.403. The van der Waals surface area contributed by atoms with E-state index >= 15 is 0 Å². The van der Waals surface area contributed by atoms with Crippen LogP contribution in [0.4, 0.5) is 17.6 Å². The number of alkyl halides is 3. The number of benzene rings is 2. The van der Waals surface area contributed by atoms with Crippen LogP contribution in [0.25, 0.3) is 0 Å². The van der Waals surface area contributed by atoms with Gasteiger partial charge >= 0.3 is 6.18 Å². The maximum atomic E-state index is 13.5. The third-order valence-corrected chi connectivity index (χ3v) is 3.68. The summed E-state index contributed by atoms with van der Waals surface area (Å²) in [7, 11) is 1.76. The van der Waals surface area contributed by atoms with E-state index in [2.05, 4.69) is 5.32 Å². The maximum Gasteiger partial charge on any atom is 0.416 e. The van der Waals surface area contributed by atoms with Gasteiger partial charge in [-0.15, -0.1) is 0 Å². The number of halogens is 4. The Balaban J connectivity index is 1.82. The normalized spacial score (nSPS) is 12.7. The Hall–Kier alpha value is -2.41. The molecule has 1 atom stereocenters. The summed E-state index contributed by atoms with van der Waals surface area (Å²) in [5, 5.41) is 2.64. The van der Waals surface area contributed by atoms with Crippen molar-refractivity contribution in [2.75, 3.05) is 13.6 Å². The second-order valence-electron chi connectivity index (χ2n) is 5.87. The van der Waals surface area contributed by atoms with Crippen molar-refractivity contribution in [2.24, 2.45) is 0 Å². The second kappa shape index (κ2) is 8.11. The van der Waals surface area contributed by atoms with Crippen molar-refractivity contribution in [1.29, 1.82) is 0 Å². The van der Waals surface area contributed by atoms with Crippen LogP contribution in [0.3, 0.4) is 0 Å². The highest BCUT2D eigenvalue weighted by atomic mass is 19.4. The molecule has 134 valence electrons. The molecule has 3 nitrogen and oxygen atoms in total. The average Bonchev–Trinajstić information content (AvgIpc) is 2.53. The molecule has 2 N–H and O–H groups in total. The molecule has 0 bridgehead atoms. The minimum atomic E-state index is -4.36. The Morgan fingerprint density at radius 1 is 1.08 bits per heavy atom. The van der Waals surface area contributed by atoms with Crippen LogP contribution in [-0.2, 0) is 24.1 Å². The zero-order valence-electron chi connectivity index (χ0n) is 13.7. The van der Waals surface area contributed by atoms with Crippen LogP contribution < -0.4 is 10.2 Å². The summed E-state index contributed by atoms with van der Waals surface area (Å²) in [6.45, 7) is 0.639. The fraction of sp³-hybridized carbons (Fsp3) is 0.278. The Bertz CT molecular complexity index is 714. The smallest absolute Gasteiger partial charge is 0.347 e. The molecule has 0 fully saturated rings. The molecule has 7 heteroatoms. The average molecular weight is 355 g/mol. The molecule has 0 saturated heterocycles. The number of amides is 1. The number of quaternary nitrogens is 1. The first-order chi connectivity index (χ1) is 11.8. The Morgan fingerprint density at radius 3 is 2.32 bits per heavy atom. The van der Waals surface area contributed by atoms with Gasteiger partial charge in [0, 0.05) is 17.7 Å². The topological polar surface area (TPSA) is 33.5 Å². The second-order valence-corrected chi connectivity index (χ2v) is 5.87. The third kappa shape index (κ3) is 5.86. The molecule has 1 unspecified atom stereocenters. The van der Waals surface area contributed by atoms with Gasteiger partial charge in [0.1, 0.15) is 12.4 Å². The minimum Gasteiger partial charge on any atom is -0.347 e. The highest BCUT2D eigenvalue weighted by Crippen LogP contribution is 2.28. The van der Waals surface area contributed by atoms with Crippen LogP contribution in [0.2, 0.25) is 0 Å². The number of hydrogen-bond donors (Lipinski definition) is 2. The maximum absolute atomic E-state index is 13.5. The molecule has 0 aliphatic rings. The highest BCUT2D eigenvalue weighted by molar-refractivity contribution is 5.76. The van der Waals surface area contributed by atoms with E-state index in [1.54, 1.807) is 25.2 Å². The molecule has 0 radical (unpaired) electrons. The number of carbonyl (C=O) groups is 1. The fourth-order valence-corrected chi connectivity index (χ4v) is 2.39. The van der Waals surface area contributed by atoms with Gasteiger partial charge in [0.15, 0.2) is 6.54 Å². The van der Waals surface area contributed by atoms with Crippen LogP contribution in [-0.4, -0.2) is 19.5 Å². The van der Waals surface area contributed by atoms with Gasteiger partial charge in [-0.25, -0.2) is 4.39 Å². The van der Waals surface area contributed by atoms with Gasteiger partial charge in [-0.3, -0.25) is 4.79 Å². The van der Waals surface area contributed by atoms with Gasteiger partial charge in [0.2, 0.25) is 0 Å². The van der Waals surface area contributed by atoms with Crippen molar-refractivity contribution < 1.29 is 27.3 Å². The SMILES string of the molecule is C[NH+](CC(=O)NCc1ccccc1F)Cc1ccc(C(F)(F)F)cc1. The lowest BCUT2D eigenvalue weighted by Crippen LogP contribution is -3.08. The van der Waals surface area contributed by atoms with Crippen LogP contribution in [0.1, 0.15) is 16.7 Å². The summed E-state index contributed by atoms with van der Waals surface area (Å²) in [4.78, 5) is 12.7. The molecule has 2 aromatic rings. The van der Waals surface area contributed by atoms with Crippen molar-refractivity contribution in [3.8, 4) is 0 Å². The Morgan fingerprint density at radius 2 is 1.72 bits per heavy atom. The molecule has 0 aliphatic carbocycles. The summed E-state index contributed by atoms with van der Waals surface area (Å²) >= 11 is 0. The summed E-state index contributed by atoms with van der Waals surface area (Å²) in [6.07, 6.45) is -4.36. The summed E-state index contributed by atoms with van der Waals surface area (Å²) in [6, 6.07) is 11.0. The largest absolute Gasteiger partial charge is 0.416 e. The van der Waals surface area contributed by atoms with E-state index in [1.807, 2.05) is 0 Å². The number of carbonyl (C=O) groups excluding carboxylic acids is 1. The van der Waals surface area contributed by atoms with E-state index in [0.717, 1.165) is 17.0 Å². The number of nitrogens with one attached hydrogen (secondary N) is 2. The van der Waals surface area contributed by atoms with E-state index < -0.39 is 11.7 Å². The highest BCUT2D eigenvalue weighted by Gasteiger charge is 2.30. The van der Waals surface area contributed by atoms with Crippen LogP contribution in [0.15, 0.2) is 48.5 Å². The standard InChI is InChI=1S/C18H18F4N2O/c1-24(11-13-6-8-15(9-7-13)18(20,21)22)12-17(25)23-10-14-4-2-3-5-16(14)19/h2-9H,10-12H2,1H3,(H,23,25)/p+1. The number of likely N-dealkylation sites (N-methyl/N-ethyl adjacent to an activating group) is 1. The molecular formula is C18H19F4N2O+. The van der Waals surface area contributed by atoms with Crippen LogP contribution in [0.5, 0.6) is 0 Å². The lowest BCUT2D eigenvalue weighted by Gasteiger charge is -2.14. The summed E-state index contributed by atoms with van der Waals surface area (Å²) in [5.74, 6) is -0.638. The summed E-state index contributed by atoms with van der Waals surface area (Å²) < 4.78 is 51.0. The van der Waals surface area contributed by atoms with E-state index in [9.17, 15) is 22.4 Å². The molecule has 0 saturated carbocycles. The van der Waals surface area contributed by atoms with Crippen LogP contribution in [0, 0.1) is 5.82 Å². The number of rotatable bonds is 6. The van der Waals surface area contributed by atoms with Crippen molar-refractivity contribution in [3.05, 3.63) is 71.0 Å². The van der Waals surface area contributed by atoms with Crippen molar-refractivity contribution in [1.82, 2.24) is 5.32 Å². The third-order valence-electron chi connectivity index (χ3n) is 3.68. The van der Waals surface area contributed by atoms with E-state index in [1.165, 1.54) is 18.2 Å². The molecular weight excluding hydrogens is 336 g/mol. The van der Waals surface area contributed by atoms with Gasteiger partial charge in [-0.1, -0.05) is 30.3 Å². The number of hydrogen-bond acceptors (Lipinski definition) is 1. The first-order valence-corrected chi connectivity index (χ1v) is 7.73. The molecule has 25 heavy (non-hydrogen) atoms. The fourth-order valence-electron chi connectivity index (χ4n) is 2.39. The zero-order valence-corrected chi connectivity index (χ0v) is 13.7.